The Labute approximate surface area is 149 Å². The molecule has 7 nitrogen and oxygen atoms in total. The van der Waals surface area contributed by atoms with Gasteiger partial charge in [-0.2, -0.15) is 0 Å². The third-order valence-electron chi connectivity index (χ3n) is 4.22. The molecule has 2 N–H and O–H groups in total. The lowest BCUT2D eigenvalue weighted by molar-refractivity contribution is 0.0963. The Morgan fingerprint density at radius 2 is 2.04 bits per heavy atom. The molecule has 0 unspecified atom stereocenters. The van der Waals surface area contributed by atoms with Crippen LogP contribution in [0.1, 0.15) is 25.3 Å². The van der Waals surface area contributed by atoms with Gasteiger partial charge in [0.2, 0.25) is 0 Å². The Balaban J connectivity index is 1.80. The molecule has 0 radical (unpaired) electrons. The maximum Gasteiger partial charge on any atom is 0.409 e. The van der Waals surface area contributed by atoms with E-state index in [0.29, 0.717) is 26.2 Å². The van der Waals surface area contributed by atoms with Crippen molar-refractivity contribution in [3.8, 4) is 5.75 Å². The second kappa shape index (κ2) is 9.76. The van der Waals surface area contributed by atoms with Crippen molar-refractivity contribution >= 4 is 12.1 Å². The highest BCUT2D eigenvalue weighted by atomic mass is 16.6. The first-order valence-electron chi connectivity index (χ1n) is 8.68. The molecule has 7 heteroatoms. The quantitative estimate of drug-likeness (QED) is 0.629. The number of benzene rings is 1. The lowest BCUT2D eigenvalue weighted by Crippen LogP contribution is -2.49. The Hall–Kier alpha value is -2.44. The molecule has 1 amide bonds. The molecule has 1 fully saturated rings. The monoisotopic (exact) mass is 348 g/mol. The van der Waals surface area contributed by atoms with Crippen molar-refractivity contribution in [3.63, 3.8) is 0 Å². The third-order valence-corrected chi connectivity index (χ3v) is 4.22. The van der Waals surface area contributed by atoms with Crippen LogP contribution in [0.5, 0.6) is 5.75 Å². The number of carbonyl (C=O) groups excluding carboxylic acids is 1. The van der Waals surface area contributed by atoms with Crippen LogP contribution < -0.4 is 15.4 Å². The van der Waals surface area contributed by atoms with Gasteiger partial charge < -0.3 is 25.0 Å². The van der Waals surface area contributed by atoms with Gasteiger partial charge in [0, 0.05) is 38.3 Å². The number of likely N-dealkylation sites (tertiary alicyclic amines) is 1. The van der Waals surface area contributed by atoms with Gasteiger partial charge >= 0.3 is 6.09 Å². The highest BCUT2D eigenvalue weighted by molar-refractivity contribution is 5.80. The Morgan fingerprint density at radius 1 is 1.32 bits per heavy atom. The highest BCUT2D eigenvalue weighted by Crippen LogP contribution is 2.16. The zero-order valence-electron chi connectivity index (χ0n) is 15.2. The van der Waals surface area contributed by atoms with Gasteiger partial charge in [-0.05, 0) is 25.8 Å². The first kappa shape index (κ1) is 18.9. The lowest BCUT2D eigenvalue weighted by Gasteiger charge is -2.32. The van der Waals surface area contributed by atoms with E-state index in [1.807, 2.05) is 31.2 Å². The number of amides is 1. The minimum absolute atomic E-state index is 0.223. The molecule has 1 aliphatic rings. The van der Waals surface area contributed by atoms with Crippen LogP contribution in [0.15, 0.2) is 29.3 Å². The molecule has 25 heavy (non-hydrogen) atoms. The number of hydrogen-bond donors (Lipinski definition) is 2. The van der Waals surface area contributed by atoms with Crippen LogP contribution in [0.3, 0.4) is 0 Å². The molecule has 0 spiro atoms. The van der Waals surface area contributed by atoms with Crippen molar-refractivity contribution in [3.05, 3.63) is 29.8 Å². The van der Waals surface area contributed by atoms with Crippen LogP contribution in [0.2, 0.25) is 0 Å². The van der Waals surface area contributed by atoms with Crippen molar-refractivity contribution in [2.24, 2.45) is 4.99 Å². The largest absolute Gasteiger partial charge is 0.496 e. The van der Waals surface area contributed by atoms with Gasteiger partial charge in [-0.1, -0.05) is 18.2 Å². The fraction of sp³-hybridized carbons (Fsp3) is 0.556. The number of rotatable bonds is 5. The van der Waals surface area contributed by atoms with Crippen LogP contribution in [0, 0.1) is 0 Å². The fourth-order valence-electron chi connectivity index (χ4n) is 2.84. The fourth-order valence-corrected chi connectivity index (χ4v) is 2.84. The minimum atomic E-state index is -0.223. The number of guanidine groups is 1. The van der Waals surface area contributed by atoms with Gasteiger partial charge in [-0.15, -0.1) is 0 Å². The maximum absolute atomic E-state index is 11.7. The molecule has 0 aromatic heterocycles. The summed E-state index contributed by atoms with van der Waals surface area (Å²) in [7, 11) is 3.43. The first-order valence-corrected chi connectivity index (χ1v) is 8.68. The Bertz CT molecular complexity index is 583. The van der Waals surface area contributed by atoms with Crippen LogP contribution >= 0.6 is 0 Å². The lowest BCUT2D eigenvalue weighted by atomic mass is 10.1. The number of hydrogen-bond acceptors (Lipinski definition) is 4. The van der Waals surface area contributed by atoms with E-state index in [2.05, 4.69) is 15.6 Å². The summed E-state index contributed by atoms with van der Waals surface area (Å²) in [5, 5.41) is 6.74. The number of aliphatic imine (C=N–C) groups is 1. The summed E-state index contributed by atoms with van der Waals surface area (Å²) in [6.07, 6.45) is 1.52. The predicted octanol–water partition coefficient (Wildman–Crippen LogP) is 1.98. The summed E-state index contributed by atoms with van der Waals surface area (Å²) in [6.45, 7) is 4.26. The second-order valence-corrected chi connectivity index (χ2v) is 5.84. The Kier molecular flexibility index (Phi) is 7.37. The van der Waals surface area contributed by atoms with E-state index in [1.54, 1.807) is 19.1 Å². The van der Waals surface area contributed by atoms with E-state index < -0.39 is 0 Å². The van der Waals surface area contributed by atoms with E-state index in [0.717, 1.165) is 30.1 Å². The van der Waals surface area contributed by atoms with Crippen molar-refractivity contribution in [1.29, 1.82) is 0 Å². The SMILES string of the molecule is CCOC(=O)N1CCC(NC(=NC)NCc2ccccc2OC)CC1. The standard InChI is InChI=1S/C18H28N4O3/c1-4-25-18(23)22-11-9-15(10-12-22)21-17(19-2)20-13-14-7-5-6-8-16(14)24-3/h5-8,15H,4,9-13H2,1-3H3,(H2,19,20,21). The molecule has 0 aliphatic carbocycles. The zero-order chi connectivity index (χ0) is 18.1. The van der Waals surface area contributed by atoms with Crippen molar-refractivity contribution in [2.75, 3.05) is 33.9 Å². The average molecular weight is 348 g/mol. The third kappa shape index (κ3) is 5.55. The van der Waals surface area contributed by atoms with Crippen LogP contribution in [0.25, 0.3) is 0 Å². The molecule has 0 saturated carbocycles. The zero-order valence-corrected chi connectivity index (χ0v) is 15.2. The summed E-state index contributed by atoms with van der Waals surface area (Å²) >= 11 is 0. The summed E-state index contributed by atoms with van der Waals surface area (Å²) in [6, 6.07) is 8.19. The van der Waals surface area contributed by atoms with E-state index in [9.17, 15) is 4.79 Å². The minimum Gasteiger partial charge on any atom is -0.496 e. The van der Waals surface area contributed by atoms with Crippen LogP contribution in [0.4, 0.5) is 4.79 Å². The number of nitrogens with one attached hydrogen (secondary N) is 2. The van der Waals surface area contributed by atoms with E-state index in [1.165, 1.54) is 0 Å². The smallest absolute Gasteiger partial charge is 0.409 e. The van der Waals surface area contributed by atoms with E-state index >= 15 is 0 Å². The molecule has 138 valence electrons. The van der Waals surface area contributed by atoms with Crippen LogP contribution in [-0.2, 0) is 11.3 Å². The molecule has 2 rings (SSSR count). The molecule has 1 aliphatic heterocycles. The molecule has 1 heterocycles. The number of nitrogens with zero attached hydrogens (tertiary/aromatic N) is 2. The molecule has 1 saturated heterocycles. The maximum atomic E-state index is 11.7. The van der Waals surface area contributed by atoms with Gasteiger partial charge in [0.25, 0.3) is 0 Å². The van der Waals surface area contributed by atoms with Crippen LogP contribution in [-0.4, -0.2) is 56.8 Å². The topological polar surface area (TPSA) is 75.2 Å². The van der Waals surface area contributed by atoms with E-state index in [-0.39, 0.29) is 12.1 Å². The molecule has 1 aromatic carbocycles. The van der Waals surface area contributed by atoms with E-state index in [4.69, 9.17) is 9.47 Å². The highest BCUT2D eigenvalue weighted by Gasteiger charge is 2.24. The molecular weight excluding hydrogens is 320 g/mol. The molecular formula is C18H28N4O3. The van der Waals surface area contributed by atoms with Crippen molar-refractivity contribution < 1.29 is 14.3 Å². The molecule has 1 aromatic rings. The van der Waals surface area contributed by atoms with Gasteiger partial charge in [-0.25, -0.2) is 4.79 Å². The van der Waals surface area contributed by atoms with Crippen molar-refractivity contribution in [1.82, 2.24) is 15.5 Å². The summed E-state index contributed by atoms with van der Waals surface area (Å²) in [5.74, 6) is 1.61. The normalized spacial score (nSPS) is 15.6. The Morgan fingerprint density at radius 3 is 2.68 bits per heavy atom. The summed E-state index contributed by atoms with van der Waals surface area (Å²) in [5.41, 5.74) is 1.07. The summed E-state index contributed by atoms with van der Waals surface area (Å²) < 4.78 is 10.4. The summed E-state index contributed by atoms with van der Waals surface area (Å²) in [4.78, 5) is 17.8. The van der Waals surface area contributed by atoms with Gasteiger partial charge in [0.1, 0.15) is 5.75 Å². The number of piperidine rings is 1. The average Bonchev–Trinajstić information content (AvgIpc) is 2.66. The van der Waals surface area contributed by atoms with Crippen molar-refractivity contribution in [2.45, 2.75) is 32.4 Å². The number of para-hydroxylation sites is 1. The second-order valence-electron chi connectivity index (χ2n) is 5.84. The van der Waals surface area contributed by atoms with Gasteiger partial charge in [0.15, 0.2) is 5.96 Å². The number of ether oxygens (including phenoxy) is 2. The van der Waals surface area contributed by atoms with Gasteiger partial charge in [0.05, 0.1) is 13.7 Å². The molecule has 0 bridgehead atoms. The number of methoxy groups -OCH3 is 1. The predicted molar refractivity (Wildman–Crippen MR) is 97.9 cm³/mol. The molecule has 0 atom stereocenters. The number of carbonyl (C=O) groups is 1. The van der Waals surface area contributed by atoms with Gasteiger partial charge in [-0.3, -0.25) is 4.99 Å². The first-order chi connectivity index (χ1) is 12.2.